The fourth-order valence-corrected chi connectivity index (χ4v) is 8.94. The van der Waals surface area contributed by atoms with Gasteiger partial charge in [-0.15, -0.1) is 0 Å². The lowest BCUT2D eigenvalue weighted by molar-refractivity contribution is -0.128. The van der Waals surface area contributed by atoms with Crippen LogP contribution in [0.15, 0.2) is 82.2 Å². The van der Waals surface area contributed by atoms with Crippen LogP contribution in [0.3, 0.4) is 0 Å². The van der Waals surface area contributed by atoms with Gasteiger partial charge in [-0.05, 0) is 84.7 Å². The standard InChI is InChI=1S/C46H62N10O8S/c1-5-19-55(20-6-2)44(59)35-21-34-15-14-33(23-39(34)53-40(47)24-35)32-9-7-10-37(22-32)65(62,63)56-26-31(27-56)25-51-46(61)64-28-30-12-16-36(17-13-30)52-42(57)38(11-8-18-50-45(49)60)54-43(58)41(48)29(3)4/h7,9-10,12-17,21-23,29,31,38,41H,5-6,8,11,18-20,24-28,48H2,1-4H3,(H2,47,53)(H,51,61)(H,52,57)(H,54,58)(H3,49,50,60). The number of urea groups is 1. The predicted octanol–water partition coefficient (Wildman–Crippen LogP) is 4.18. The van der Waals surface area contributed by atoms with Crippen molar-refractivity contribution in [2.75, 3.05) is 44.6 Å². The Balaban J connectivity index is 1.10. The number of amidine groups is 1. The topological polar surface area (TPSA) is 274 Å². The number of hydrogen-bond donors (Lipinski definition) is 7. The van der Waals surface area contributed by atoms with Crippen molar-refractivity contribution in [2.45, 2.75) is 83.4 Å². The number of carbonyl (C=O) groups excluding carboxylic acids is 5. The minimum Gasteiger partial charge on any atom is -0.445 e. The van der Waals surface area contributed by atoms with Crippen LogP contribution in [-0.2, 0) is 35.8 Å². The Hall–Kier alpha value is -6.31. The summed E-state index contributed by atoms with van der Waals surface area (Å²) >= 11 is 0. The Morgan fingerprint density at radius 2 is 1.62 bits per heavy atom. The van der Waals surface area contributed by atoms with E-state index >= 15 is 0 Å². The van der Waals surface area contributed by atoms with Crippen LogP contribution in [0, 0.1) is 11.8 Å². The molecule has 10 N–H and O–H groups in total. The van der Waals surface area contributed by atoms with Crippen LogP contribution < -0.4 is 38.5 Å². The first-order valence-electron chi connectivity index (χ1n) is 22.0. The molecule has 1 saturated heterocycles. The number of fused-ring (bicyclic) bond motifs is 1. The zero-order chi connectivity index (χ0) is 47.3. The van der Waals surface area contributed by atoms with Crippen molar-refractivity contribution in [1.82, 2.24) is 25.2 Å². The number of rotatable bonds is 21. The summed E-state index contributed by atoms with van der Waals surface area (Å²) in [5, 5.41) is 10.6. The van der Waals surface area contributed by atoms with Gasteiger partial charge in [0, 0.05) is 68.4 Å². The number of carbonyl (C=O) groups is 5. The van der Waals surface area contributed by atoms with Crippen molar-refractivity contribution in [3.63, 3.8) is 0 Å². The zero-order valence-corrected chi connectivity index (χ0v) is 38.3. The molecule has 5 rings (SSSR count). The number of primary amides is 1. The van der Waals surface area contributed by atoms with Gasteiger partial charge < -0.3 is 48.1 Å². The fraction of sp³-hybridized carbons (Fsp3) is 0.435. The first kappa shape index (κ1) is 49.7. The Labute approximate surface area is 380 Å². The average Bonchev–Trinajstić information content (AvgIpc) is 3.43. The highest BCUT2D eigenvalue weighted by molar-refractivity contribution is 7.89. The number of aliphatic imine (C=N–C) groups is 1. The van der Waals surface area contributed by atoms with Crippen LogP contribution >= 0.6 is 0 Å². The maximum atomic E-state index is 13.7. The maximum Gasteiger partial charge on any atom is 0.407 e. The number of amides is 6. The molecule has 18 nitrogen and oxygen atoms in total. The molecule has 6 amide bonds. The number of nitrogens with one attached hydrogen (secondary N) is 4. The van der Waals surface area contributed by atoms with Gasteiger partial charge in [0.25, 0.3) is 0 Å². The summed E-state index contributed by atoms with van der Waals surface area (Å²) in [6.45, 7) is 9.80. The van der Waals surface area contributed by atoms with Gasteiger partial charge in [-0.1, -0.05) is 64.1 Å². The Bertz CT molecular complexity index is 2360. The molecule has 19 heteroatoms. The minimum atomic E-state index is -3.83. The van der Waals surface area contributed by atoms with Crippen LogP contribution in [-0.4, -0.2) is 105 Å². The number of nitrogens with zero attached hydrogens (tertiary/aromatic N) is 3. The summed E-state index contributed by atoms with van der Waals surface area (Å²) in [7, 11) is -3.83. The fourth-order valence-electron chi connectivity index (χ4n) is 7.30. The van der Waals surface area contributed by atoms with Crippen LogP contribution in [0.1, 0.15) is 70.9 Å². The summed E-state index contributed by atoms with van der Waals surface area (Å²) in [6, 6.07) is 16.5. The van der Waals surface area contributed by atoms with Crippen molar-refractivity contribution in [3.8, 4) is 11.1 Å². The lowest BCUT2D eigenvalue weighted by Crippen LogP contribution is -2.53. The summed E-state index contributed by atoms with van der Waals surface area (Å²) in [6.07, 6.45) is 3.70. The van der Waals surface area contributed by atoms with Gasteiger partial charge >= 0.3 is 12.1 Å². The van der Waals surface area contributed by atoms with Crippen molar-refractivity contribution in [2.24, 2.45) is 34.0 Å². The van der Waals surface area contributed by atoms with E-state index in [1.807, 2.05) is 49.1 Å². The molecule has 0 saturated carbocycles. The lowest BCUT2D eigenvalue weighted by atomic mass is 10.0. The number of hydrogen-bond acceptors (Lipinski definition) is 11. The van der Waals surface area contributed by atoms with E-state index in [4.69, 9.17) is 21.9 Å². The largest absolute Gasteiger partial charge is 0.445 e. The van der Waals surface area contributed by atoms with Crippen molar-refractivity contribution >= 4 is 63.2 Å². The Morgan fingerprint density at radius 3 is 2.28 bits per heavy atom. The molecular weight excluding hydrogens is 853 g/mol. The molecule has 3 aromatic carbocycles. The van der Waals surface area contributed by atoms with Crippen molar-refractivity contribution in [3.05, 3.63) is 83.4 Å². The van der Waals surface area contributed by atoms with E-state index in [1.165, 1.54) is 4.31 Å². The van der Waals surface area contributed by atoms with Crippen LogP contribution in [0.4, 0.5) is 21.0 Å². The van der Waals surface area contributed by atoms with Gasteiger partial charge in [-0.3, -0.25) is 14.4 Å². The Kier molecular flexibility index (Phi) is 17.6. The van der Waals surface area contributed by atoms with Crippen LogP contribution in [0.2, 0.25) is 0 Å². The number of alkyl carbamates (subject to hydrolysis) is 1. The third kappa shape index (κ3) is 13.8. The number of nitrogens with two attached hydrogens (primary N) is 3. The molecule has 0 aliphatic carbocycles. The molecule has 350 valence electrons. The van der Waals surface area contributed by atoms with Crippen LogP contribution in [0.5, 0.6) is 0 Å². The summed E-state index contributed by atoms with van der Waals surface area (Å²) < 4.78 is 34.1. The quantitative estimate of drug-likeness (QED) is 0.0749. The van der Waals surface area contributed by atoms with Gasteiger partial charge in [0.05, 0.1) is 16.6 Å². The second-order valence-corrected chi connectivity index (χ2v) is 18.6. The first-order chi connectivity index (χ1) is 31.0. The first-order valence-corrected chi connectivity index (χ1v) is 23.4. The monoisotopic (exact) mass is 914 g/mol. The molecule has 0 bridgehead atoms. The molecule has 2 atom stereocenters. The molecule has 2 heterocycles. The molecule has 65 heavy (non-hydrogen) atoms. The van der Waals surface area contributed by atoms with E-state index < -0.39 is 46.0 Å². The second-order valence-electron chi connectivity index (χ2n) is 16.6. The van der Waals surface area contributed by atoms with Gasteiger partial charge in [-0.2, -0.15) is 4.31 Å². The SMILES string of the molecule is CCCN(CCC)C(=O)C1=Cc2ccc(-c3cccc(S(=O)(=O)N4CC(CNC(=O)OCc5ccc(NC(=O)C(CCCNC(N)=O)NC(=O)C(N)C(C)C)cc5)C4)c3)cc2N=C(N)C1. The summed E-state index contributed by atoms with van der Waals surface area (Å²) in [5.41, 5.74) is 21.8. The minimum absolute atomic E-state index is 0.0504. The lowest BCUT2D eigenvalue weighted by Gasteiger charge is -2.38. The van der Waals surface area contributed by atoms with Gasteiger partial charge in [-0.25, -0.2) is 23.0 Å². The molecule has 3 aromatic rings. The number of benzene rings is 3. The van der Waals surface area contributed by atoms with Crippen LogP contribution in [0.25, 0.3) is 17.2 Å². The Morgan fingerprint density at radius 1 is 0.923 bits per heavy atom. The van der Waals surface area contributed by atoms with E-state index in [1.54, 1.807) is 56.3 Å². The van der Waals surface area contributed by atoms with Gasteiger partial charge in [0.1, 0.15) is 18.5 Å². The van der Waals surface area contributed by atoms with Gasteiger partial charge in [0.2, 0.25) is 27.7 Å². The van der Waals surface area contributed by atoms with E-state index in [2.05, 4.69) is 26.3 Å². The highest BCUT2D eigenvalue weighted by atomic mass is 32.2. The number of anilines is 1. The van der Waals surface area contributed by atoms with Crippen molar-refractivity contribution < 1.29 is 37.1 Å². The normalized spacial score (nSPS) is 14.9. The summed E-state index contributed by atoms with van der Waals surface area (Å²) in [5.74, 6) is -0.936. The molecular formula is C46H62N10O8S. The predicted molar refractivity (Wildman–Crippen MR) is 250 cm³/mol. The number of sulfonamides is 1. The van der Waals surface area contributed by atoms with E-state index in [-0.39, 0.29) is 68.3 Å². The maximum absolute atomic E-state index is 13.7. The van der Waals surface area contributed by atoms with Gasteiger partial charge in [0.15, 0.2) is 0 Å². The van der Waals surface area contributed by atoms with E-state index in [9.17, 15) is 32.4 Å². The molecule has 1 fully saturated rings. The molecule has 2 aliphatic rings. The molecule has 2 aliphatic heterocycles. The third-order valence-electron chi connectivity index (χ3n) is 11.0. The highest BCUT2D eigenvalue weighted by Crippen LogP contribution is 2.34. The summed E-state index contributed by atoms with van der Waals surface area (Å²) in [4.78, 5) is 69.4. The average molecular weight is 915 g/mol. The molecule has 0 spiro atoms. The third-order valence-corrected chi connectivity index (χ3v) is 12.9. The highest BCUT2D eigenvalue weighted by Gasteiger charge is 2.37. The zero-order valence-electron chi connectivity index (χ0n) is 37.5. The van der Waals surface area contributed by atoms with Crippen molar-refractivity contribution in [1.29, 1.82) is 0 Å². The second kappa shape index (κ2) is 23.0. The van der Waals surface area contributed by atoms with E-state index in [0.29, 0.717) is 53.4 Å². The smallest absolute Gasteiger partial charge is 0.407 e. The number of ether oxygens (including phenoxy) is 1. The van der Waals surface area contributed by atoms with E-state index in [0.717, 1.165) is 24.0 Å². The molecule has 2 unspecified atom stereocenters. The molecule has 0 radical (unpaired) electrons. The molecule has 0 aromatic heterocycles.